The van der Waals surface area contributed by atoms with E-state index in [0.717, 1.165) is 17.1 Å². The molecule has 0 saturated heterocycles. The van der Waals surface area contributed by atoms with Crippen molar-refractivity contribution in [3.8, 4) is 0 Å². The third-order valence-corrected chi connectivity index (χ3v) is 2.37. The zero-order valence-corrected chi connectivity index (χ0v) is 7.87. The predicted molar refractivity (Wildman–Crippen MR) is 50.2 cm³/mol. The van der Waals surface area contributed by atoms with Gasteiger partial charge in [0.2, 0.25) is 0 Å². The summed E-state index contributed by atoms with van der Waals surface area (Å²) < 4.78 is 36.7. The summed E-state index contributed by atoms with van der Waals surface area (Å²) in [5.74, 6) is 0. The Balaban J connectivity index is 3.14. The lowest BCUT2D eigenvalue weighted by Crippen LogP contribution is -2.18. The third-order valence-electron chi connectivity index (χ3n) is 2.37. The summed E-state index contributed by atoms with van der Waals surface area (Å²) in [4.78, 5) is 0. The van der Waals surface area contributed by atoms with Crippen molar-refractivity contribution in [1.82, 2.24) is 0 Å². The normalized spacial score (nSPS) is 11.8. The number of benzene rings is 1. The van der Waals surface area contributed by atoms with Crippen LogP contribution in [0.5, 0.6) is 0 Å². The lowest BCUT2D eigenvalue weighted by atomic mass is 9.70. The van der Waals surface area contributed by atoms with Crippen LogP contribution in [0.4, 0.5) is 13.2 Å². The average Bonchev–Trinajstić information content (AvgIpc) is 2.03. The van der Waals surface area contributed by atoms with E-state index in [9.17, 15) is 13.2 Å². The summed E-state index contributed by atoms with van der Waals surface area (Å²) in [6, 6.07) is 3.96. The van der Waals surface area contributed by atoms with E-state index in [1.165, 1.54) is 6.07 Å². The van der Waals surface area contributed by atoms with Crippen molar-refractivity contribution in [3.63, 3.8) is 0 Å². The number of aryl methyl sites for hydroxylation is 1. The summed E-state index contributed by atoms with van der Waals surface area (Å²) >= 11 is 0. The highest BCUT2D eigenvalue weighted by Crippen LogP contribution is 2.28. The highest BCUT2D eigenvalue weighted by atomic mass is 19.4. The highest BCUT2D eigenvalue weighted by molar-refractivity contribution is 6.52. The van der Waals surface area contributed by atoms with Crippen LogP contribution in [-0.2, 0) is 6.18 Å². The number of halogens is 3. The van der Waals surface area contributed by atoms with Crippen LogP contribution in [0, 0.1) is 6.92 Å². The van der Waals surface area contributed by atoms with Gasteiger partial charge in [-0.25, -0.2) is 5.46 Å². The van der Waals surface area contributed by atoms with Crippen LogP contribution in [0.25, 0.3) is 0 Å². The van der Waals surface area contributed by atoms with E-state index < -0.39 is 19.0 Å². The quantitative estimate of drug-likeness (QED) is 0.588. The molecule has 0 saturated carbocycles. The second-order valence-corrected chi connectivity index (χ2v) is 3.30. The van der Waals surface area contributed by atoms with Crippen LogP contribution in [0.15, 0.2) is 18.2 Å². The average molecular weight is 187 g/mol. The van der Waals surface area contributed by atoms with Gasteiger partial charge < -0.3 is 0 Å². The zero-order valence-electron chi connectivity index (χ0n) is 7.87. The van der Waals surface area contributed by atoms with Crippen LogP contribution in [0.3, 0.4) is 0 Å². The molecule has 4 heteroatoms. The van der Waals surface area contributed by atoms with E-state index in [1.54, 1.807) is 6.07 Å². The van der Waals surface area contributed by atoms with Crippen molar-refractivity contribution < 1.29 is 13.2 Å². The van der Waals surface area contributed by atoms with Gasteiger partial charge in [-0.2, -0.15) is 20.0 Å². The van der Waals surface area contributed by atoms with E-state index in [1.807, 2.05) is 13.7 Å². The first-order valence-corrected chi connectivity index (χ1v) is 4.55. The Hall–Kier alpha value is -0.925. The Labute approximate surface area is 76.0 Å². The van der Waals surface area contributed by atoms with E-state index in [0.29, 0.717) is 0 Å². The summed E-state index contributed by atoms with van der Waals surface area (Å²) in [6.07, 6.45) is -4.20. The Morgan fingerprint density at radius 3 is 2.31 bits per heavy atom. The first-order valence-electron chi connectivity index (χ1n) is 4.55. The Morgan fingerprint density at radius 1 is 1.23 bits per heavy atom. The summed E-state index contributed by atoms with van der Waals surface area (Å²) in [7, 11) is -0.402. The number of hydrogen-bond donors (Lipinski definition) is 0. The maximum absolute atomic E-state index is 12.2. The molecule has 0 fully saturated rings. The van der Waals surface area contributed by atoms with Crippen molar-refractivity contribution in [2.45, 2.75) is 19.9 Å². The largest absolute Gasteiger partial charge is 0.416 e. The van der Waals surface area contributed by atoms with Crippen LogP contribution in [-0.4, -0.2) is 7.28 Å². The topological polar surface area (TPSA) is 0 Å². The first-order chi connectivity index (χ1) is 5.95. The molecule has 0 aliphatic heterocycles. The molecule has 0 nitrogen and oxygen atoms in total. The fraction of sp³-hybridized carbons (Fsp3) is 0.333. The van der Waals surface area contributed by atoms with Gasteiger partial charge in [0.05, 0.1) is 5.56 Å². The van der Waals surface area contributed by atoms with Crippen LogP contribution in [0.2, 0.25) is 6.82 Å². The summed E-state index contributed by atoms with van der Waals surface area (Å²) in [5, 5.41) is 0. The second kappa shape index (κ2) is 3.44. The van der Waals surface area contributed by atoms with Crippen LogP contribution in [0.1, 0.15) is 11.1 Å². The van der Waals surface area contributed by atoms with Crippen molar-refractivity contribution >= 4 is 12.7 Å². The van der Waals surface area contributed by atoms with Crippen molar-refractivity contribution in [2.24, 2.45) is 0 Å². The van der Waals surface area contributed by atoms with Crippen LogP contribution < -0.4 is 5.46 Å². The molecule has 0 aliphatic carbocycles. The van der Waals surface area contributed by atoms with Gasteiger partial charge in [-0.1, -0.05) is 17.7 Å². The van der Waals surface area contributed by atoms with Crippen molar-refractivity contribution in [3.05, 3.63) is 29.3 Å². The molecule has 0 heterocycles. The Kier molecular flexibility index (Phi) is 2.69. The second-order valence-electron chi connectivity index (χ2n) is 3.30. The number of hydrogen-bond acceptors (Lipinski definition) is 0. The van der Waals surface area contributed by atoms with Gasteiger partial charge in [0, 0.05) is 0 Å². The summed E-state index contributed by atoms with van der Waals surface area (Å²) in [6.45, 7) is 3.82. The molecule has 0 spiro atoms. The molecule has 0 aromatic heterocycles. The first kappa shape index (κ1) is 10.2. The third kappa shape index (κ3) is 2.26. The fourth-order valence-electron chi connectivity index (χ4n) is 1.46. The highest BCUT2D eigenvalue weighted by Gasteiger charge is 2.29. The van der Waals surface area contributed by atoms with Gasteiger partial charge in [-0.05, 0) is 20.3 Å². The molecular formula is C9H11BF3-. The van der Waals surface area contributed by atoms with Gasteiger partial charge in [0.25, 0.3) is 0 Å². The number of rotatable bonds is 1. The van der Waals surface area contributed by atoms with Gasteiger partial charge >= 0.3 is 6.18 Å². The molecule has 0 aliphatic rings. The fourth-order valence-corrected chi connectivity index (χ4v) is 1.46. The monoisotopic (exact) mass is 187 g/mol. The molecule has 1 aromatic rings. The number of alkyl halides is 3. The minimum absolute atomic E-state index is 0.402. The standard InChI is InChI=1S/C9H11BF3/c1-6-3-4-7(9(11,12)13)5-8(6)10-2/h3-5H,10H2,1-2H3/q-1. The molecule has 0 amide bonds. The van der Waals surface area contributed by atoms with Gasteiger partial charge in [0.1, 0.15) is 0 Å². The molecule has 0 atom stereocenters. The Morgan fingerprint density at radius 2 is 1.85 bits per heavy atom. The van der Waals surface area contributed by atoms with E-state index in [4.69, 9.17) is 0 Å². The maximum Gasteiger partial charge on any atom is 0.416 e. The zero-order chi connectivity index (χ0) is 10.1. The molecule has 72 valence electrons. The van der Waals surface area contributed by atoms with E-state index >= 15 is 0 Å². The molecule has 13 heavy (non-hydrogen) atoms. The minimum atomic E-state index is -4.20. The van der Waals surface area contributed by atoms with Gasteiger partial charge in [0.15, 0.2) is 0 Å². The molecule has 0 radical (unpaired) electrons. The lowest BCUT2D eigenvalue weighted by molar-refractivity contribution is -0.137. The molecular weight excluding hydrogens is 176 g/mol. The molecule has 0 N–H and O–H groups in total. The molecule has 1 aromatic carbocycles. The van der Waals surface area contributed by atoms with E-state index in [-0.39, 0.29) is 0 Å². The molecule has 0 unspecified atom stereocenters. The van der Waals surface area contributed by atoms with Gasteiger partial charge in [-0.3, -0.25) is 0 Å². The molecule has 1 rings (SSSR count). The summed E-state index contributed by atoms with van der Waals surface area (Å²) in [5.41, 5.74) is 1.32. The van der Waals surface area contributed by atoms with Gasteiger partial charge in [-0.15, -0.1) is 0 Å². The minimum Gasteiger partial charge on any atom is -0.214 e. The smallest absolute Gasteiger partial charge is 0.214 e. The van der Waals surface area contributed by atoms with Crippen LogP contribution >= 0.6 is 0 Å². The predicted octanol–water partition coefficient (Wildman–Crippen LogP) is 1.86. The molecule has 0 bridgehead atoms. The van der Waals surface area contributed by atoms with E-state index in [2.05, 4.69) is 0 Å². The van der Waals surface area contributed by atoms with Crippen molar-refractivity contribution in [1.29, 1.82) is 0 Å². The van der Waals surface area contributed by atoms with Crippen molar-refractivity contribution in [2.75, 3.05) is 0 Å². The maximum atomic E-state index is 12.2. The Bertz CT molecular complexity index is 304. The lowest BCUT2D eigenvalue weighted by Gasteiger charge is -2.13. The SMILES string of the molecule is C[BH2-]c1cc(C(F)(F)F)ccc1C.